The number of rotatable bonds is 7. The zero-order valence-corrected chi connectivity index (χ0v) is 19.2. The largest absolute Gasteiger partial charge is 0.465 e. The lowest BCUT2D eigenvalue weighted by molar-refractivity contribution is -0.139. The van der Waals surface area contributed by atoms with Crippen LogP contribution in [0.3, 0.4) is 0 Å². The molecule has 1 aliphatic heterocycles. The summed E-state index contributed by atoms with van der Waals surface area (Å²) in [5.41, 5.74) is 0.613. The summed E-state index contributed by atoms with van der Waals surface area (Å²) in [5.74, 6) is -0.831. The van der Waals surface area contributed by atoms with E-state index in [0.29, 0.717) is 38.3 Å². The maximum atomic E-state index is 13.4. The molecule has 0 aliphatic carbocycles. The molecule has 0 amide bonds. The third-order valence-electron chi connectivity index (χ3n) is 4.78. The van der Waals surface area contributed by atoms with Gasteiger partial charge in [0.05, 0.1) is 30.7 Å². The van der Waals surface area contributed by atoms with Crippen molar-refractivity contribution in [3.63, 3.8) is 0 Å². The van der Waals surface area contributed by atoms with Crippen LogP contribution in [0, 0.1) is 9.77 Å². The van der Waals surface area contributed by atoms with Crippen molar-refractivity contribution >= 4 is 51.6 Å². The highest BCUT2D eigenvalue weighted by atomic mass is 32.2. The van der Waals surface area contributed by atoms with Crippen LogP contribution in [0.15, 0.2) is 34.2 Å². The molecular formula is C20H20FN3O4S3. The van der Waals surface area contributed by atoms with Crippen LogP contribution < -0.4 is 5.56 Å². The average Bonchev–Trinajstić information content (AvgIpc) is 3.37. The first-order valence-corrected chi connectivity index (χ1v) is 12.0. The van der Waals surface area contributed by atoms with Gasteiger partial charge in [-0.15, -0.1) is 0 Å². The fraction of sp³-hybridized carbons (Fsp3) is 0.400. The Hall–Kier alpha value is -2.08. The Morgan fingerprint density at radius 2 is 2.19 bits per heavy atom. The van der Waals surface area contributed by atoms with E-state index < -0.39 is 11.8 Å². The summed E-state index contributed by atoms with van der Waals surface area (Å²) in [6.07, 6.45) is 1.95. The number of hydrogen-bond donors (Lipinski definition) is 0. The molecule has 1 saturated heterocycles. The molecule has 7 nitrogen and oxygen atoms in total. The molecule has 0 bridgehead atoms. The highest BCUT2D eigenvalue weighted by Crippen LogP contribution is 2.26. The highest BCUT2D eigenvalue weighted by Gasteiger charge is 2.22. The number of fused-ring (bicyclic) bond motifs is 1. The number of carbonyl (C=O) groups excluding carboxylic acids is 1. The van der Waals surface area contributed by atoms with E-state index in [1.165, 1.54) is 40.2 Å². The second-order valence-corrected chi connectivity index (χ2v) is 9.46. The van der Waals surface area contributed by atoms with E-state index in [4.69, 9.17) is 26.7 Å². The van der Waals surface area contributed by atoms with Gasteiger partial charge in [-0.05, 0) is 56.2 Å². The predicted octanol–water partition coefficient (Wildman–Crippen LogP) is 3.95. The zero-order valence-electron chi connectivity index (χ0n) is 16.7. The Balaban J connectivity index is 1.83. The van der Waals surface area contributed by atoms with Crippen molar-refractivity contribution in [2.75, 3.05) is 19.0 Å². The van der Waals surface area contributed by atoms with Crippen LogP contribution in [0.1, 0.15) is 19.8 Å². The number of thiazole rings is 1. The molecule has 4 rings (SSSR count). The lowest BCUT2D eigenvalue weighted by Crippen LogP contribution is -2.23. The Labute approximate surface area is 190 Å². The number of halogens is 1. The molecular weight excluding hydrogens is 461 g/mol. The molecule has 164 valence electrons. The molecule has 0 N–H and O–H groups in total. The highest BCUT2D eigenvalue weighted by molar-refractivity contribution is 7.99. The standard InChI is InChI=1S/C20H20FN3O4S3/c1-2-27-15(25)11-30-19-22-17-16(18(26)24(19)13-7-5-12(21)6-8-13)31-20(29)23(17)10-14-4-3-9-28-14/h5-8,14H,2-4,9-11H2,1H3. The van der Waals surface area contributed by atoms with Crippen molar-refractivity contribution in [1.82, 2.24) is 14.1 Å². The van der Waals surface area contributed by atoms with Gasteiger partial charge in [0.15, 0.2) is 14.8 Å². The maximum absolute atomic E-state index is 13.4. The summed E-state index contributed by atoms with van der Waals surface area (Å²) in [5, 5.41) is 0.311. The van der Waals surface area contributed by atoms with Crippen molar-refractivity contribution < 1.29 is 18.7 Å². The topological polar surface area (TPSA) is 75.3 Å². The normalized spacial score (nSPS) is 16.1. The Morgan fingerprint density at radius 1 is 1.42 bits per heavy atom. The summed E-state index contributed by atoms with van der Waals surface area (Å²) in [6.45, 7) is 3.23. The lowest BCUT2D eigenvalue weighted by Gasteiger charge is -2.14. The van der Waals surface area contributed by atoms with Crippen LogP contribution in [0.5, 0.6) is 0 Å². The molecule has 11 heteroatoms. The molecule has 3 aromatic rings. The molecule has 0 spiro atoms. The second kappa shape index (κ2) is 9.60. The summed E-state index contributed by atoms with van der Waals surface area (Å²) >= 11 is 7.80. The number of aromatic nitrogens is 3. The van der Waals surface area contributed by atoms with Crippen LogP contribution >= 0.6 is 35.3 Å². The van der Waals surface area contributed by atoms with Gasteiger partial charge in [0.1, 0.15) is 10.5 Å². The molecule has 1 aliphatic rings. The minimum absolute atomic E-state index is 0.0103. The van der Waals surface area contributed by atoms with E-state index in [1.807, 2.05) is 4.57 Å². The van der Waals surface area contributed by atoms with Gasteiger partial charge in [-0.3, -0.25) is 14.2 Å². The SMILES string of the molecule is CCOC(=O)CSc1nc2c(sc(=S)n2CC2CCCO2)c(=O)n1-c1ccc(F)cc1. The number of carbonyl (C=O) groups is 1. The van der Waals surface area contributed by atoms with E-state index in [0.717, 1.165) is 24.6 Å². The van der Waals surface area contributed by atoms with E-state index >= 15 is 0 Å². The molecule has 2 aromatic heterocycles. The quantitative estimate of drug-likeness (QED) is 0.219. The number of ether oxygens (including phenoxy) is 2. The first-order valence-electron chi connectivity index (χ1n) is 9.80. The Kier molecular flexibility index (Phi) is 6.85. The minimum atomic E-state index is -0.412. The average molecular weight is 482 g/mol. The molecule has 0 radical (unpaired) electrons. The van der Waals surface area contributed by atoms with Gasteiger partial charge in [-0.2, -0.15) is 0 Å². The van der Waals surface area contributed by atoms with Crippen LogP contribution in [-0.2, 0) is 20.8 Å². The van der Waals surface area contributed by atoms with Crippen LogP contribution in [0.4, 0.5) is 4.39 Å². The number of esters is 1. The molecule has 1 unspecified atom stereocenters. The molecule has 1 aromatic carbocycles. The first-order chi connectivity index (χ1) is 15.0. The van der Waals surface area contributed by atoms with E-state index in [-0.39, 0.29) is 24.0 Å². The van der Waals surface area contributed by atoms with Crippen molar-refractivity contribution in [1.29, 1.82) is 0 Å². The summed E-state index contributed by atoms with van der Waals surface area (Å²) < 4.78 is 28.3. The number of hydrogen-bond acceptors (Lipinski definition) is 8. The van der Waals surface area contributed by atoms with Gasteiger partial charge in [-0.25, -0.2) is 9.37 Å². The summed E-state index contributed by atoms with van der Waals surface area (Å²) in [7, 11) is 0. The number of thioether (sulfide) groups is 1. The molecule has 0 saturated carbocycles. The Morgan fingerprint density at radius 3 is 2.87 bits per heavy atom. The molecule has 1 atom stereocenters. The van der Waals surface area contributed by atoms with Crippen molar-refractivity contribution in [3.8, 4) is 5.69 Å². The van der Waals surface area contributed by atoms with Gasteiger partial charge >= 0.3 is 5.97 Å². The maximum Gasteiger partial charge on any atom is 0.316 e. The molecule has 1 fully saturated rings. The number of nitrogens with zero attached hydrogens (tertiary/aromatic N) is 3. The van der Waals surface area contributed by atoms with Crippen molar-refractivity contribution in [2.45, 2.75) is 37.6 Å². The third kappa shape index (κ3) is 4.74. The van der Waals surface area contributed by atoms with E-state index in [1.54, 1.807) is 6.92 Å². The molecule has 31 heavy (non-hydrogen) atoms. The van der Waals surface area contributed by atoms with Gasteiger partial charge < -0.3 is 14.0 Å². The van der Waals surface area contributed by atoms with Crippen LogP contribution in [0.2, 0.25) is 0 Å². The van der Waals surface area contributed by atoms with E-state index in [2.05, 4.69) is 0 Å². The second-order valence-electron chi connectivity index (χ2n) is 6.87. The van der Waals surface area contributed by atoms with Gasteiger partial charge in [0, 0.05) is 6.61 Å². The van der Waals surface area contributed by atoms with Gasteiger partial charge in [0.2, 0.25) is 0 Å². The monoisotopic (exact) mass is 481 g/mol. The summed E-state index contributed by atoms with van der Waals surface area (Å²) in [4.78, 5) is 30.0. The van der Waals surface area contributed by atoms with Gasteiger partial charge in [0.25, 0.3) is 5.56 Å². The zero-order chi connectivity index (χ0) is 22.0. The fourth-order valence-corrected chi connectivity index (χ4v) is 5.45. The van der Waals surface area contributed by atoms with E-state index in [9.17, 15) is 14.0 Å². The first kappa shape index (κ1) is 22.1. The van der Waals surface area contributed by atoms with Crippen LogP contribution in [0.25, 0.3) is 16.0 Å². The fourth-order valence-electron chi connectivity index (χ4n) is 3.37. The van der Waals surface area contributed by atoms with Crippen LogP contribution in [-0.4, -0.2) is 45.2 Å². The summed E-state index contributed by atoms with van der Waals surface area (Å²) in [6, 6.07) is 5.55. The molecule has 3 heterocycles. The lowest BCUT2D eigenvalue weighted by atomic mass is 10.2. The number of benzene rings is 1. The predicted molar refractivity (Wildman–Crippen MR) is 120 cm³/mol. The van der Waals surface area contributed by atoms with Gasteiger partial charge in [-0.1, -0.05) is 23.1 Å². The van der Waals surface area contributed by atoms with Crippen molar-refractivity contribution in [2.24, 2.45) is 0 Å². The smallest absolute Gasteiger partial charge is 0.316 e. The Bertz CT molecular complexity index is 1210. The van der Waals surface area contributed by atoms with Crippen molar-refractivity contribution in [3.05, 3.63) is 44.4 Å². The minimum Gasteiger partial charge on any atom is -0.465 e. The third-order valence-corrected chi connectivity index (χ3v) is 7.12.